The third-order valence-electron chi connectivity index (χ3n) is 2.90. The number of alkyl halides is 3. The van der Waals surface area contributed by atoms with Gasteiger partial charge in [-0.2, -0.15) is 18.3 Å². The Morgan fingerprint density at radius 3 is 2.63 bits per heavy atom. The number of halogens is 3. The number of aromatic nitrogens is 3. The van der Waals surface area contributed by atoms with Gasteiger partial charge < -0.3 is 10.7 Å². The number of hydrogen-bond donors (Lipinski definition) is 3. The minimum absolute atomic E-state index is 0.110. The average molecular weight is 266 g/mol. The lowest BCUT2D eigenvalue weighted by Gasteiger charge is -2.09. The smallest absolute Gasteiger partial charge is 0.382 e. The predicted molar refractivity (Wildman–Crippen MR) is 65.3 cm³/mol. The normalized spacial score (nSPS) is 12.2. The third-order valence-corrected chi connectivity index (χ3v) is 2.90. The van der Waals surface area contributed by atoms with Gasteiger partial charge >= 0.3 is 6.18 Å². The molecule has 0 aliphatic carbocycles. The third kappa shape index (κ3) is 1.83. The number of nitrogens with two attached hydrogens (primary N) is 1. The summed E-state index contributed by atoms with van der Waals surface area (Å²) in [6, 6.07) is 5.51. The van der Waals surface area contributed by atoms with Crippen LogP contribution in [-0.4, -0.2) is 15.2 Å². The maximum absolute atomic E-state index is 13.0. The lowest BCUT2D eigenvalue weighted by molar-refractivity contribution is -0.136. The van der Waals surface area contributed by atoms with Crippen molar-refractivity contribution in [3.05, 3.63) is 36.0 Å². The van der Waals surface area contributed by atoms with Crippen molar-refractivity contribution in [2.75, 3.05) is 5.73 Å². The Bertz CT molecular complexity index is 739. The quantitative estimate of drug-likeness (QED) is 0.633. The van der Waals surface area contributed by atoms with E-state index in [1.165, 1.54) is 18.3 Å². The van der Waals surface area contributed by atoms with Gasteiger partial charge in [0, 0.05) is 28.7 Å². The first kappa shape index (κ1) is 11.6. The monoisotopic (exact) mass is 266 g/mol. The Labute approximate surface area is 105 Å². The van der Waals surface area contributed by atoms with Crippen molar-refractivity contribution in [2.45, 2.75) is 6.18 Å². The number of aromatic amines is 2. The SMILES string of the molecule is Nc1cc(-c2c[nH]c3cccc(C(F)(F)F)c23)[nH]n1. The summed E-state index contributed by atoms with van der Waals surface area (Å²) in [6.07, 6.45) is -2.91. The fourth-order valence-corrected chi connectivity index (χ4v) is 2.11. The number of nitrogens with zero attached hydrogens (tertiary/aromatic N) is 1. The number of hydrogen-bond acceptors (Lipinski definition) is 2. The number of H-pyrrole nitrogens is 2. The summed E-state index contributed by atoms with van der Waals surface area (Å²) in [5, 5.41) is 6.46. The van der Waals surface area contributed by atoms with E-state index in [-0.39, 0.29) is 11.2 Å². The van der Waals surface area contributed by atoms with E-state index in [1.54, 1.807) is 6.07 Å². The predicted octanol–water partition coefficient (Wildman–Crippen LogP) is 3.16. The van der Waals surface area contributed by atoms with Crippen molar-refractivity contribution >= 4 is 16.7 Å². The van der Waals surface area contributed by atoms with Crippen LogP contribution in [-0.2, 0) is 6.18 Å². The van der Waals surface area contributed by atoms with Crippen molar-refractivity contribution < 1.29 is 13.2 Å². The van der Waals surface area contributed by atoms with Gasteiger partial charge in [-0.1, -0.05) is 6.07 Å². The largest absolute Gasteiger partial charge is 0.417 e. The van der Waals surface area contributed by atoms with Crippen LogP contribution in [0.5, 0.6) is 0 Å². The van der Waals surface area contributed by atoms with Gasteiger partial charge in [-0.15, -0.1) is 0 Å². The fraction of sp³-hybridized carbons (Fsp3) is 0.0833. The highest BCUT2D eigenvalue weighted by atomic mass is 19.4. The van der Waals surface area contributed by atoms with Crippen LogP contribution in [0.1, 0.15) is 5.56 Å². The van der Waals surface area contributed by atoms with Gasteiger partial charge in [0.25, 0.3) is 0 Å². The zero-order valence-corrected chi connectivity index (χ0v) is 9.55. The highest BCUT2D eigenvalue weighted by molar-refractivity contribution is 5.97. The van der Waals surface area contributed by atoms with Crippen LogP contribution in [0.15, 0.2) is 30.5 Å². The van der Waals surface area contributed by atoms with Crippen LogP contribution in [0.4, 0.5) is 19.0 Å². The maximum Gasteiger partial charge on any atom is 0.417 e. The Hall–Kier alpha value is -2.44. The summed E-state index contributed by atoms with van der Waals surface area (Å²) in [5.74, 6) is 0.230. The van der Waals surface area contributed by atoms with Crippen molar-refractivity contribution in [1.29, 1.82) is 0 Å². The summed E-state index contributed by atoms with van der Waals surface area (Å²) in [7, 11) is 0. The molecule has 0 fully saturated rings. The van der Waals surface area contributed by atoms with E-state index in [0.717, 1.165) is 6.07 Å². The second kappa shape index (κ2) is 3.78. The Kier molecular flexibility index (Phi) is 2.31. The molecular weight excluding hydrogens is 257 g/mol. The van der Waals surface area contributed by atoms with Crippen LogP contribution in [0.2, 0.25) is 0 Å². The maximum atomic E-state index is 13.0. The summed E-state index contributed by atoms with van der Waals surface area (Å²) < 4.78 is 39.1. The summed E-state index contributed by atoms with van der Waals surface area (Å²) in [6.45, 7) is 0. The first-order valence-electron chi connectivity index (χ1n) is 5.45. The topological polar surface area (TPSA) is 70.5 Å². The van der Waals surface area contributed by atoms with Crippen LogP contribution in [0.3, 0.4) is 0 Å². The lowest BCUT2D eigenvalue weighted by atomic mass is 10.0. The minimum atomic E-state index is -4.41. The van der Waals surface area contributed by atoms with Crippen molar-refractivity contribution in [3.8, 4) is 11.3 Å². The molecule has 19 heavy (non-hydrogen) atoms. The Morgan fingerprint density at radius 1 is 1.21 bits per heavy atom. The molecule has 0 saturated carbocycles. The van der Waals surface area contributed by atoms with E-state index < -0.39 is 11.7 Å². The molecule has 0 atom stereocenters. The molecule has 0 bridgehead atoms. The van der Waals surface area contributed by atoms with Gasteiger partial charge in [0.1, 0.15) is 5.82 Å². The second-order valence-corrected chi connectivity index (χ2v) is 4.13. The number of fused-ring (bicyclic) bond motifs is 1. The van der Waals surface area contributed by atoms with Gasteiger partial charge in [-0.25, -0.2) is 0 Å². The molecule has 7 heteroatoms. The summed E-state index contributed by atoms with van der Waals surface area (Å²) >= 11 is 0. The number of nitrogen functional groups attached to an aromatic ring is 1. The molecule has 0 saturated heterocycles. The molecule has 4 nitrogen and oxygen atoms in total. The van der Waals surface area contributed by atoms with Crippen molar-refractivity contribution in [2.24, 2.45) is 0 Å². The van der Waals surface area contributed by atoms with E-state index in [0.29, 0.717) is 16.8 Å². The molecule has 0 radical (unpaired) electrons. The molecule has 0 unspecified atom stereocenters. The first-order chi connectivity index (χ1) is 8.97. The fourth-order valence-electron chi connectivity index (χ4n) is 2.11. The van der Waals surface area contributed by atoms with Crippen LogP contribution in [0, 0.1) is 0 Å². The number of benzene rings is 1. The van der Waals surface area contributed by atoms with Crippen LogP contribution < -0.4 is 5.73 Å². The van der Waals surface area contributed by atoms with Crippen molar-refractivity contribution in [3.63, 3.8) is 0 Å². The van der Waals surface area contributed by atoms with Gasteiger partial charge in [0.05, 0.1) is 11.3 Å². The van der Waals surface area contributed by atoms with Gasteiger partial charge in [-0.3, -0.25) is 5.10 Å². The van der Waals surface area contributed by atoms with Crippen LogP contribution in [0.25, 0.3) is 22.2 Å². The van der Waals surface area contributed by atoms with Gasteiger partial charge in [-0.05, 0) is 12.1 Å². The van der Waals surface area contributed by atoms with Gasteiger partial charge in [0.15, 0.2) is 0 Å². The number of nitrogens with one attached hydrogen (secondary N) is 2. The summed E-state index contributed by atoms with van der Waals surface area (Å²) in [4.78, 5) is 2.82. The lowest BCUT2D eigenvalue weighted by Crippen LogP contribution is -2.05. The minimum Gasteiger partial charge on any atom is -0.382 e. The molecule has 4 N–H and O–H groups in total. The average Bonchev–Trinajstić information content (AvgIpc) is 2.92. The molecule has 98 valence electrons. The Balaban J connectivity index is 2.32. The van der Waals surface area contributed by atoms with Crippen molar-refractivity contribution in [1.82, 2.24) is 15.2 Å². The van der Waals surface area contributed by atoms with Crippen LogP contribution >= 0.6 is 0 Å². The highest BCUT2D eigenvalue weighted by Gasteiger charge is 2.33. The molecule has 0 aliphatic rings. The molecule has 0 amide bonds. The summed E-state index contributed by atoms with van der Waals surface area (Å²) in [5.41, 5.74) is 6.05. The van der Waals surface area contributed by atoms with E-state index in [4.69, 9.17) is 5.73 Å². The van der Waals surface area contributed by atoms with E-state index in [1.807, 2.05) is 0 Å². The zero-order valence-electron chi connectivity index (χ0n) is 9.55. The standard InChI is InChI=1S/C12H9F3N4/c13-12(14,15)7-2-1-3-8-11(7)6(5-17-8)9-4-10(16)19-18-9/h1-5,17H,(H3,16,18,19). The van der Waals surface area contributed by atoms with E-state index in [9.17, 15) is 13.2 Å². The number of anilines is 1. The van der Waals surface area contributed by atoms with E-state index >= 15 is 0 Å². The molecule has 2 heterocycles. The molecule has 1 aromatic carbocycles. The molecular formula is C12H9F3N4. The number of rotatable bonds is 1. The first-order valence-corrected chi connectivity index (χ1v) is 5.45. The molecule has 0 aliphatic heterocycles. The van der Waals surface area contributed by atoms with E-state index in [2.05, 4.69) is 15.2 Å². The Morgan fingerprint density at radius 2 is 2.00 bits per heavy atom. The highest BCUT2D eigenvalue weighted by Crippen LogP contribution is 2.39. The molecule has 3 rings (SSSR count). The molecule has 3 aromatic rings. The molecule has 0 spiro atoms. The zero-order chi connectivity index (χ0) is 13.6. The molecule has 2 aromatic heterocycles. The van der Waals surface area contributed by atoms with Gasteiger partial charge in [0.2, 0.25) is 0 Å². The second-order valence-electron chi connectivity index (χ2n) is 4.13.